The van der Waals surface area contributed by atoms with Crippen LogP contribution in [-0.2, 0) is 11.9 Å². The summed E-state index contributed by atoms with van der Waals surface area (Å²) in [6.45, 7) is 1.97. The first-order valence-electron chi connectivity index (χ1n) is 10.9. The first-order chi connectivity index (χ1) is 15.4. The summed E-state index contributed by atoms with van der Waals surface area (Å²) in [6, 6.07) is 16.3. The van der Waals surface area contributed by atoms with Crippen LogP contribution in [0.3, 0.4) is 0 Å². The highest BCUT2D eigenvalue weighted by Gasteiger charge is 2.37. The van der Waals surface area contributed by atoms with E-state index in [2.05, 4.69) is 33.5 Å². The highest BCUT2D eigenvalue weighted by molar-refractivity contribution is 7.98. The lowest BCUT2D eigenvalue weighted by atomic mass is 9.85. The molecule has 2 aromatic carbocycles. The zero-order valence-corrected chi connectivity index (χ0v) is 18.8. The summed E-state index contributed by atoms with van der Waals surface area (Å²) in [5.41, 5.74) is 2.46. The molecular formula is C25H26F3N3S. The first kappa shape index (κ1) is 22.6. The van der Waals surface area contributed by atoms with Gasteiger partial charge >= 0.3 is 6.18 Å². The van der Waals surface area contributed by atoms with Gasteiger partial charge in [-0.2, -0.15) is 13.2 Å². The van der Waals surface area contributed by atoms with E-state index in [1.165, 1.54) is 5.56 Å². The number of halogens is 3. The topological polar surface area (TPSA) is 37.8 Å². The van der Waals surface area contributed by atoms with E-state index in [1.54, 1.807) is 11.8 Å². The second kappa shape index (κ2) is 9.94. The molecule has 1 aliphatic rings. The minimum Gasteiger partial charge on any atom is -0.324 e. The molecular weight excluding hydrogens is 431 g/mol. The summed E-state index contributed by atoms with van der Waals surface area (Å²) in [6.07, 6.45) is 0.920. The molecule has 7 heteroatoms. The van der Waals surface area contributed by atoms with Crippen LogP contribution < -0.4 is 5.32 Å². The number of benzene rings is 2. The standard InChI is InChI=1S/C25H26F3N3S/c1-17-14-20(32-16-18-8-4-2-5-9-18)12-13-22(17)30-24-29-15-21(25(26,27)28)23(31-24)19-10-6-3-7-11-19/h2,4-5,8-9,12-15,19H,3,6-7,10-11,16H2,1H3,(H,29,30,31). The van der Waals surface area contributed by atoms with Gasteiger partial charge in [-0.05, 0) is 49.1 Å². The SMILES string of the molecule is Cc1cc(SCc2ccccc2)ccc1Nc1ncc(C(F)(F)F)c(C2CCCCC2)n1. The maximum absolute atomic E-state index is 13.6. The molecule has 32 heavy (non-hydrogen) atoms. The molecule has 3 nitrogen and oxygen atoms in total. The largest absolute Gasteiger partial charge is 0.419 e. The molecule has 0 radical (unpaired) electrons. The Balaban J connectivity index is 1.51. The quantitative estimate of drug-likeness (QED) is 0.382. The number of alkyl halides is 3. The Bertz CT molecular complexity index is 1050. The number of hydrogen-bond donors (Lipinski definition) is 1. The molecule has 1 aliphatic carbocycles. The van der Waals surface area contributed by atoms with Crippen molar-refractivity contribution in [3.63, 3.8) is 0 Å². The normalized spacial score (nSPS) is 15.0. The molecule has 1 heterocycles. The molecule has 0 atom stereocenters. The number of nitrogens with one attached hydrogen (secondary N) is 1. The van der Waals surface area contributed by atoms with E-state index in [1.807, 2.05) is 37.3 Å². The fraction of sp³-hybridized carbons (Fsp3) is 0.360. The molecule has 1 fully saturated rings. The molecule has 0 aliphatic heterocycles. The van der Waals surface area contributed by atoms with Crippen molar-refractivity contribution in [2.45, 2.75) is 61.8 Å². The highest BCUT2D eigenvalue weighted by Crippen LogP contribution is 2.40. The molecule has 0 saturated heterocycles. The van der Waals surface area contributed by atoms with Crippen molar-refractivity contribution in [1.82, 2.24) is 9.97 Å². The Morgan fingerprint density at radius 2 is 1.78 bits per heavy atom. The fourth-order valence-corrected chi connectivity index (χ4v) is 5.04. The number of aryl methyl sites for hydroxylation is 1. The van der Waals surface area contributed by atoms with Crippen LogP contribution in [0.25, 0.3) is 0 Å². The predicted molar refractivity (Wildman–Crippen MR) is 123 cm³/mol. The van der Waals surface area contributed by atoms with Gasteiger partial charge in [0.05, 0.1) is 11.3 Å². The van der Waals surface area contributed by atoms with E-state index in [4.69, 9.17) is 0 Å². The van der Waals surface area contributed by atoms with Gasteiger partial charge in [-0.15, -0.1) is 11.8 Å². The second-order valence-corrected chi connectivity index (χ2v) is 9.25. The zero-order valence-electron chi connectivity index (χ0n) is 18.0. The molecule has 1 N–H and O–H groups in total. The van der Waals surface area contributed by atoms with Crippen molar-refractivity contribution in [2.75, 3.05) is 5.32 Å². The van der Waals surface area contributed by atoms with Crippen LogP contribution in [0.1, 0.15) is 60.4 Å². The van der Waals surface area contributed by atoms with Gasteiger partial charge in [-0.1, -0.05) is 49.6 Å². The van der Waals surface area contributed by atoms with Gasteiger partial charge in [-0.25, -0.2) is 9.97 Å². The van der Waals surface area contributed by atoms with Gasteiger partial charge in [-0.3, -0.25) is 0 Å². The molecule has 168 valence electrons. The van der Waals surface area contributed by atoms with Crippen molar-refractivity contribution in [3.05, 3.63) is 77.1 Å². The second-order valence-electron chi connectivity index (χ2n) is 8.20. The summed E-state index contributed by atoms with van der Waals surface area (Å²) in [5, 5.41) is 3.13. The summed E-state index contributed by atoms with van der Waals surface area (Å²) in [7, 11) is 0. The lowest BCUT2D eigenvalue weighted by Gasteiger charge is -2.24. The Kier molecular flexibility index (Phi) is 7.04. The van der Waals surface area contributed by atoms with Crippen molar-refractivity contribution in [2.24, 2.45) is 0 Å². The maximum atomic E-state index is 13.6. The van der Waals surface area contributed by atoms with Crippen LogP contribution in [0.4, 0.5) is 24.8 Å². The van der Waals surface area contributed by atoms with Crippen LogP contribution >= 0.6 is 11.8 Å². The molecule has 0 amide bonds. The highest BCUT2D eigenvalue weighted by atomic mass is 32.2. The third-order valence-corrected chi connectivity index (χ3v) is 6.87. The predicted octanol–water partition coefficient (Wildman–Crippen LogP) is 7.89. The van der Waals surface area contributed by atoms with Crippen LogP contribution in [-0.4, -0.2) is 9.97 Å². The van der Waals surface area contributed by atoms with E-state index >= 15 is 0 Å². The van der Waals surface area contributed by atoms with Gasteiger partial charge in [0.15, 0.2) is 0 Å². The minimum absolute atomic E-state index is 0.127. The monoisotopic (exact) mass is 457 g/mol. The number of hydrogen-bond acceptors (Lipinski definition) is 4. The Hall–Kier alpha value is -2.54. The molecule has 0 spiro atoms. The van der Waals surface area contributed by atoms with Gasteiger partial charge in [0.2, 0.25) is 5.95 Å². The number of anilines is 2. The van der Waals surface area contributed by atoms with Crippen molar-refractivity contribution >= 4 is 23.4 Å². The first-order valence-corrected chi connectivity index (χ1v) is 11.9. The van der Waals surface area contributed by atoms with Crippen molar-refractivity contribution in [3.8, 4) is 0 Å². The van der Waals surface area contributed by atoms with Crippen LogP contribution in [0.2, 0.25) is 0 Å². The van der Waals surface area contributed by atoms with E-state index in [-0.39, 0.29) is 17.6 Å². The van der Waals surface area contributed by atoms with E-state index in [0.717, 1.165) is 60.2 Å². The van der Waals surface area contributed by atoms with E-state index in [9.17, 15) is 13.2 Å². The minimum atomic E-state index is -4.45. The Labute approximate surface area is 190 Å². The van der Waals surface area contributed by atoms with Gasteiger partial charge in [0.1, 0.15) is 0 Å². The smallest absolute Gasteiger partial charge is 0.324 e. The summed E-state index contributed by atoms with van der Waals surface area (Å²) >= 11 is 1.74. The van der Waals surface area contributed by atoms with Crippen LogP contribution in [0.5, 0.6) is 0 Å². The van der Waals surface area contributed by atoms with Crippen LogP contribution in [0.15, 0.2) is 59.6 Å². The number of nitrogens with zero attached hydrogens (tertiary/aromatic N) is 2. The molecule has 3 aromatic rings. The third kappa shape index (κ3) is 5.63. The lowest BCUT2D eigenvalue weighted by molar-refractivity contribution is -0.139. The van der Waals surface area contributed by atoms with E-state index in [0.29, 0.717) is 0 Å². The average molecular weight is 458 g/mol. The molecule has 4 rings (SSSR count). The van der Waals surface area contributed by atoms with Gasteiger partial charge in [0, 0.05) is 28.5 Å². The fourth-order valence-electron chi connectivity index (χ4n) is 4.09. The van der Waals surface area contributed by atoms with Crippen molar-refractivity contribution in [1.29, 1.82) is 0 Å². The summed E-state index contributed by atoms with van der Waals surface area (Å²) < 4.78 is 40.7. The zero-order chi connectivity index (χ0) is 22.6. The summed E-state index contributed by atoms with van der Waals surface area (Å²) in [5.74, 6) is 0.924. The molecule has 1 aromatic heterocycles. The van der Waals surface area contributed by atoms with E-state index < -0.39 is 11.7 Å². The maximum Gasteiger partial charge on any atom is 0.419 e. The van der Waals surface area contributed by atoms with Crippen LogP contribution in [0, 0.1) is 6.92 Å². The third-order valence-electron chi connectivity index (χ3n) is 5.81. The Morgan fingerprint density at radius 3 is 2.47 bits per heavy atom. The van der Waals surface area contributed by atoms with Crippen molar-refractivity contribution < 1.29 is 13.2 Å². The average Bonchev–Trinajstić information content (AvgIpc) is 2.80. The molecule has 0 bridgehead atoms. The molecule has 1 saturated carbocycles. The van der Waals surface area contributed by atoms with Gasteiger partial charge in [0.25, 0.3) is 0 Å². The molecule has 0 unspecified atom stereocenters. The number of rotatable bonds is 6. The number of thioether (sulfide) groups is 1. The number of aromatic nitrogens is 2. The summed E-state index contributed by atoms with van der Waals surface area (Å²) in [4.78, 5) is 9.47. The lowest BCUT2D eigenvalue weighted by Crippen LogP contribution is -2.17. The van der Waals surface area contributed by atoms with Gasteiger partial charge < -0.3 is 5.32 Å². The Morgan fingerprint density at radius 1 is 1.03 bits per heavy atom.